The molecule has 0 saturated heterocycles. The molecule has 3 aromatic carbocycles. The van der Waals surface area contributed by atoms with Gasteiger partial charge in [-0.05, 0) is 113 Å². The largest absolute Gasteiger partial charge is 0.494 e. The molecule has 0 aliphatic rings. The van der Waals surface area contributed by atoms with Gasteiger partial charge in [0.25, 0.3) is 0 Å². The van der Waals surface area contributed by atoms with Crippen molar-refractivity contribution in [1.82, 2.24) is 0 Å². The number of esters is 1. The first kappa shape index (κ1) is 43.2. The van der Waals surface area contributed by atoms with E-state index in [0.717, 1.165) is 38.5 Å². The van der Waals surface area contributed by atoms with Crippen molar-refractivity contribution >= 4 is 39.1 Å². The maximum Gasteiger partial charge on any atom is 0.343 e. The molecule has 0 saturated carbocycles. The number of ether oxygens (including phenoxy) is 3. The van der Waals surface area contributed by atoms with Crippen LogP contribution in [0.25, 0.3) is 10.8 Å². The summed E-state index contributed by atoms with van der Waals surface area (Å²) in [6.45, 7) is 18.4. The first-order valence-electron chi connectivity index (χ1n) is 19.8. The Kier molecular flexibility index (Phi) is 17.8. The number of nitro groups is 1. The van der Waals surface area contributed by atoms with Gasteiger partial charge in [0, 0.05) is 5.39 Å². The zero-order valence-electron chi connectivity index (χ0n) is 33.3. The van der Waals surface area contributed by atoms with Gasteiger partial charge in [0.15, 0.2) is 22.4 Å². The molecule has 0 spiro atoms. The SMILES string of the molecule is CCCCCCCCCCCCOc1ccc(C(=O)Oc2cccc3c([N+](=O)[O-])c(OC(C)CC[C@@H](CCC)[Si](C)(C)O[Si](C)(C)C)ccc23)cc1. The Morgan fingerprint density at radius 1 is 0.731 bits per heavy atom. The standard InChI is InChI=1S/C42H65NO7Si2/c1-9-11-12-13-14-15-16-17-18-19-32-47-35-27-25-34(26-28-35)42(44)49-39-23-20-22-38-37(39)30-31-40(41(38)43(45)46)48-33(3)24-29-36(21-10-2)52(7,8)50-51(4,5)6/h20,22-23,25-28,30-31,33,36H,9-19,21,24,29,32H2,1-8H3/t33?,36-/m1/s1. The average molecular weight is 752 g/mol. The number of nitro benzene ring substituents is 1. The van der Waals surface area contributed by atoms with E-state index in [1.165, 1.54) is 51.4 Å². The van der Waals surface area contributed by atoms with E-state index in [4.69, 9.17) is 18.3 Å². The van der Waals surface area contributed by atoms with E-state index in [1.807, 2.05) is 6.92 Å². The second-order valence-corrected chi connectivity index (χ2v) is 24.8. The van der Waals surface area contributed by atoms with Crippen LogP contribution in [0.2, 0.25) is 38.3 Å². The molecule has 0 heterocycles. The Hall–Kier alpha value is -3.22. The van der Waals surface area contributed by atoms with E-state index in [2.05, 4.69) is 46.6 Å². The van der Waals surface area contributed by atoms with Crippen molar-refractivity contribution in [3.05, 3.63) is 70.3 Å². The number of unbranched alkanes of at least 4 members (excludes halogenated alkanes) is 9. The first-order chi connectivity index (χ1) is 24.8. The Labute approximate surface area is 315 Å². The predicted octanol–water partition coefficient (Wildman–Crippen LogP) is 13.0. The summed E-state index contributed by atoms with van der Waals surface area (Å²) in [7, 11) is -3.61. The number of benzene rings is 3. The van der Waals surface area contributed by atoms with Crippen LogP contribution in [-0.2, 0) is 4.12 Å². The lowest BCUT2D eigenvalue weighted by Gasteiger charge is -2.38. The van der Waals surface area contributed by atoms with Crippen LogP contribution in [0.5, 0.6) is 17.2 Å². The summed E-state index contributed by atoms with van der Waals surface area (Å²) in [5.74, 6) is 0.630. The van der Waals surface area contributed by atoms with Crippen molar-refractivity contribution in [2.45, 2.75) is 155 Å². The maximum absolute atomic E-state index is 13.2. The van der Waals surface area contributed by atoms with Crippen molar-refractivity contribution in [2.75, 3.05) is 6.61 Å². The highest BCUT2D eigenvalue weighted by molar-refractivity contribution is 6.85. The van der Waals surface area contributed by atoms with Gasteiger partial charge in [-0.3, -0.25) is 10.1 Å². The summed E-state index contributed by atoms with van der Waals surface area (Å²) in [5.41, 5.74) is 0.722. The molecule has 2 atom stereocenters. The van der Waals surface area contributed by atoms with Crippen molar-refractivity contribution in [3.63, 3.8) is 0 Å². The topological polar surface area (TPSA) is 97.1 Å². The van der Waals surface area contributed by atoms with E-state index in [9.17, 15) is 14.9 Å². The molecule has 0 bridgehead atoms. The first-order valence-corrected chi connectivity index (χ1v) is 26.2. The van der Waals surface area contributed by atoms with Crippen LogP contribution >= 0.6 is 0 Å². The fourth-order valence-electron chi connectivity index (χ4n) is 7.06. The zero-order valence-corrected chi connectivity index (χ0v) is 35.3. The molecule has 288 valence electrons. The van der Waals surface area contributed by atoms with Crippen molar-refractivity contribution in [1.29, 1.82) is 0 Å². The molecule has 0 aliphatic carbocycles. The quantitative estimate of drug-likeness (QED) is 0.0212. The van der Waals surface area contributed by atoms with Gasteiger partial charge in [0.2, 0.25) is 0 Å². The molecular formula is C42H65NO7Si2. The molecule has 10 heteroatoms. The lowest BCUT2D eigenvalue weighted by Crippen LogP contribution is -2.46. The van der Waals surface area contributed by atoms with Gasteiger partial charge in [-0.25, -0.2) is 4.79 Å². The second kappa shape index (κ2) is 21.5. The van der Waals surface area contributed by atoms with Gasteiger partial charge in [-0.2, -0.15) is 0 Å². The normalized spacial score (nSPS) is 13.2. The Bertz CT molecular complexity index is 1540. The molecule has 0 N–H and O–H groups in total. The number of hydrogen-bond donors (Lipinski definition) is 0. The monoisotopic (exact) mass is 751 g/mol. The van der Waals surface area contributed by atoms with Crippen LogP contribution in [0.3, 0.4) is 0 Å². The van der Waals surface area contributed by atoms with Crippen molar-refractivity contribution in [2.24, 2.45) is 0 Å². The van der Waals surface area contributed by atoms with Crippen LogP contribution in [0.15, 0.2) is 54.6 Å². The van der Waals surface area contributed by atoms with Crippen LogP contribution in [0.4, 0.5) is 5.69 Å². The number of carbonyl (C=O) groups is 1. The summed E-state index contributed by atoms with van der Waals surface area (Å²) in [6.07, 6.45) is 16.4. The highest BCUT2D eigenvalue weighted by Gasteiger charge is 2.37. The summed E-state index contributed by atoms with van der Waals surface area (Å²) in [5, 5.41) is 13.2. The van der Waals surface area contributed by atoms with Crippen molar-refractivity contribution in [3.8, 4) is 17.2 Å². The molecule has 0 radical (unpaired) electrons. The van der Waals surface area contributed by atoms with Gasteiger partial charge in [-0.1, -0.05) is 90.5 Å². The second-order valence-electron chi connectivity index (χ2n) is 15.8. The number of fused-ring (bicyclic) bond motifs is 1. The van der Waals surface area contributed by atoms with E-state index in [-0.39, 0.29) is 23.3 Å². The molecule has 0 aromatic heterocycles. The smallest absolute Gasteiger partial charge is 0.343 e. The highest BCUT2D eigenvalue weighted by atomic mass is 28.4. The molecule has 3 rings (SSSR count). The molecule has 52 heavy (non-hydrogen) atoms. The highest BCUT2D eigenvalue weighted by Crippen LogP contribution is 2.41. The number of nitrogens with zero attached hydrogens (tertiary/aromatic N) is 1. The van der Waals surface area contributed by atoms with Gasteiger partial charge in [-0.15, -0.1) is 0 Å². The van der Waals surface area contributed by atoms with E-state index < -0.39 is 27.5 Å². The average Bonchev–Trinajstić information content (AvgIpc) is 3.08. The van der Waals surface area contributed by atoms with E-state index in [0.29, 0.717) is 34.2 Å². The molecule has 0 aliphatic heterocycles. The minimum Gasteiger partial charge on any atom is -0.494 e. The molecule has 3 aromatic rings. The maximum atomic E-state index is 13.2. The minimum absolute atomic E-state index is 0.131. The molecule has 1 unspecified atom stereocenters. The van der Waals surface area contributed by atoms with E-state index in [1.54, 1.807) is 54.6 Å². The van der Waals surface area contributed by atoms with Crippen LogP contribution in [0, 0.1) is 10.1 Å². The third-order valence-electron chi connectivity index (χ3n) is 9.64. The van der Waals surface area contributed by atoms with Crippen LogP contribution in [0.1, 0.15) is 121 Å². The third kappa shape index (κ3) is 14.3. The third-order valence-corrected chi connectivity index (χ3v) is 16.7. The fourth-order valence-corrected chi connectivity index (χ4v) is 15.9. The molecule has 0 amide bonds. The lowest BCUT2D eigenvalue weighted by molar-refractivity contribution is -0.384. The Morgan fingerprint density at radius 3 is 1.96 bits per heavy atom. The lowest BCUT2D eigenvalue weighted by atomic mass is 10.1. The van der Waals surface area contributed by atoms with Crippen molar-refractivity contribution < 1.29 is 28.0 Å². The summed E-state index contributed by atoms with van der Waals surface area (Å²) >= 11 is 0. The van der Waals surface area contributed by atoms with Gasteiger partial charge in [0.1, 0.15) is 11.5 Å². The van der Waals surface area contributed by atoms with Crippen LogP contribution < -0.4 is 14.2 Å². The molecular weight excluding hydrogens is 687 g/mol. The zero-order chi connectivity index (χ0) is 38.1. The van der Waals surface area contributed by atoms with Crippen LogP contribution in [-0.4, -0.2) is 40.2 Å². The summed E-state index contributed by atoms with van der Waals surface area (Å²) < 4.78 is 24.6. The van der Waals surface area contributed by atoms with Gasteiger partial charge >= 0.3 is 11.7 Å². The minimum atomic E-state index is -1.93. The van der Waals surface area contributed by atoms with Gasteiger partial charge < -0.3 is 18.3 Å². The summed E-state index contributed by atoms with van der Waals surface area (Å²) in [6, 6.07) is 15.3. The number of hydrogen-bond acceptors (Lipinski definition) is 7. The fraction of sp³-hybridized carbons (Fsp3) is 0.595. The Balaban J connectivity index is 1.59. The number of carbonyl (C=O) groups excluding carboxylic acids is 1. The molecule has 0 fully saturated rings. The summed E-state index contributed by atoms with van der Waals surface area (Å²) in [4.78, 5) is 25.2. The van der Waals surface area contributed by atoms with E-state index >= 15 is 0 Å². The number of rotatable bonds is 25. The van der Waals surface area contributed by atoms with Gasteiger partial charge in [0.05, 0.1) is 28.6 Å². The predicted molar refractivity (Wildman–Crippen MR) is 219 cm³/mol. The molecule has 8 nitrogen and oxygen atoms in total. The Morgan fingerprint density at radius 2 is 1.37 bits per heavy atom.